The summed E-state index contributed by atoms with van der Waals surface area (Å²) in [6, 6.07) is 14.0. The van der Waals surface area contributed by atoms with Crippen molar-refractivity contribution >= 4 is 16.8 Å². The number of carbonyl (C=O) groups excluding carboxylic acids is 1. The third kappa shape index (κ3) is 3.94. The zero-order valence-electron chi connectivity index (χ0n) is 17.0. The predicted molar refractivity (Wildman–Crippen MR) is 114 cm³/mol. The molecule has 1 aliphatic heterocycles. The summed E-state index contributed by atoms with van der Waals surface area (Å²) in [7, 11) is 0. The van der Waals surface area contributed by atoms with Gasteiger partial charge in [-0.15, -0.1) is 0 Å². The standard InChI is InChI=1S/C24H19FN2O5/c25-18-5-3-15(4-6-18)24(29)27(14-19-2-1-7-30-19)13-17-10-16-11-21-22(32-9-8-31-21)12-20(16)26-23(17)28/h1-7,10-12H,8-9,13-14H2,(H,26,28). The van der Waals surface area contributed by atoms with Gasteiger partial charge in [0, 0.05) is 22.6 Å². The number of nitrogens with one attached hydrogen (secondary N) is 1. The monoisotopic (exact) mass is 434 g/mol. The van der Waals surface area contributed by atoms with Crippen molar-refractivity contribution in [2.75, 3.05) is 13.2 Å². The van der Waals surface area contributed by atoms with Crippen molar-refractivity contribution in [1.29, 1.82) is 0 Å². The van der Waals surface area contributed by atoms with E-state index >= 15 is 0 Å². The molecular formula is C24H19FN2O5. The van der Waals surface area contributed by atoms with Crippen LogP contribution in [0, 0.1) is 5.82 Å². The Hall–Kier alpha value is -4.07. The normalized spacial score (nSPS) is 12.7. The summed E-state index contributed by atoms with van der Waals surface area (Å²) in [6.45, 7) is 1.10. The predicted octanol–water partition coefficient (Wildman–Crippen LogP) is 3.87. The van der Waals surface area contributed by atoms with Crippen molar-refractivity contribution in [3.8, 4) is 11.5 Å². The first-order valence-electron chi connectivity index (χ1n) is 10.1. The summed E-state index contributed by atoms with van der Waals surface area (Å²) in [4.78, 5) is 30.3. The maximum atomic E-state index is 13.3. The number of pyridine rings is 1. The lowest BCUT2D eigenvalue weighted by Crippen LogP contribution is -2.32. The first kappa shape index (κ1) is 19.9. The average Bonchev–Trinajstić information content (AvgIpc) is 3.31. The Labute approximate surface area is 182 Å². The molecule has 0 saturated heterocycles. The van der Waals surface area contributed by atoms with E-state index < -0.39 is 5.82 Å². The molecule has 32 heavy (non-hydrogen) atoms. The number of fused-ring (bicyclic) bond motifs is 2. The molecule has 0 unspecified atom stereocenters. The highest BCUT2D eigenvalue weighted by Gasteiger charge is 2.20. The van der Waals surface area contributed by atoms with Crippen molar-refractivity contribution in [3.63, 3.8) is 0 Å². The number of benzene rings is 2. The van der Waals surface area contributed by atoms with Crippen LogP contribution in [0.25, 0.3) is 10.9 Å². The first-order valence-corrected chi connectivity index (χ1v) is 10.1. The number of aromatic nitrogens is 1. The number of amides is 1. The molecule has 162 valence electrons. The lowest BCUT2D eigenvalue weighted by molar-refractivity contribution is 0.0717. The fourth-order valence-corrected chi connectivity index (χ4v) is 3.68. The highest BCUT2D eigenvalue weighted by Crippen LogP contribution is 2.33. The second-order valence-corrected chi connectivity index (χ2v) is 7.45. The molecule has 5 rings (SSSR count). The summed E-state index contributed by atoms with van der Waals surface area (Å²) in [6.07, 6.45) is 1.52. The fourth-order valence-electron chi connectivity index (χ4n) is 3.68. The molecule has 1 amide bonds. The number of halogens is 1. The van der Waals surface area contributed by atoms with Crippen molar-refractivity contribution in [1.82, 2.24) is 9.88 Å². The van der Waals surface area contributed by atoms with Gasteiger partial charge in [-0.3, -0.25) is 9.59 Å². The van der Waals surface area contributed by atoms with Gasteiger partial charge < -0.3 is 23.8 Å². The average molecular weight is 434 g/mol. The maximum Gasteiger partial charge on any atom is 0.254 e. The van der Waals surface area contributed by atoms with Gasteiger partial charge in [-0.25, -0.2) is 4.39 Å². The summed E-state index contributed by atoms with van der Waals surface area (Å²) in [5, 5.41) is 0.760. The van der Waals surface area contributed by atoms with E-state index in [0.29, 0.717) is 47.1 Å². The highest BCUT2D eigenvalue weighted by molar-refractivity contribution is 5.94. The lowest BCUT2D eigenvalue weighted by Gasteiger charge is -2.22. The van der Waals surface area contributed by atoms with Crippen molar-refractivity contribution < 1.29 is 23.1 Å². The van der Waals surface area contributed by atoms with Crippen LogP contribution in [0.2, 0.25) is 0 Å². The van der Waals surface area contributed by atoms with Crippen LogP contribution in [-0.4, -0.2) is 29.0 Å². The molecule has 0 atom stereocenters. The van der Waals surface area contributed by atoms with Gasteiger partial charge in [0.1, 0.15) is 24.8 Å². The number of hydrogen-bond acceptors (Lipinski definition) is 5. The van der Waals surface area contributed by atoms with Gasteiger partial charge in [-0.1, -0.05) is 0 Å². The van der Waals surface area contributed by atoms with Gasteiger partial charge in [0.25, 0.3) is 11.5 Å². The fraction of sp³-hybridized carbons (Fsp3) is 0.167. The van der Waals surface area contributed by atoms with Crippen molar-refractivity contribution in [2.24, 2.45) is 0 Å². The quantitative estimate of drug-likeness (QED) is 0.515. The minimum atomic E-state index is -0.431. The van der Waals surface area contributed by atoms with Crippen LogP contribution < -0.4 is 15.0 Å². The van der Waals surface area contributed by atoms with Gasteiger partial charge in [0.2, 0.25) is 0 Å². The van der Waals surface area contributed by atoms with Crippen LogP contribution in [0.1, 0.15) is 21.7 Å². The van der Waals surface area contributed by atoms with Gasteiger partial charge in [0.15, 0.2) is 11.5 Å². The number of nitrogens with zero attached hydrogens (tertiary/aromatic N) is 1. The molecule has 0 spiro atoms. The van der Waals surface area contributed by atoms with Crippen LogP contribution in [-0.2, 0) is 13.1 Å². The molecule has 0 radical (unpaired) electrons. The molecule has 0 fully saturated rings. The van der Waals surface area contributed by atoms with E-state index in [4.69, 9.17) is 13.9 Å². The maximum absolute atomic E-state index is 13.3. The largest absolute Gasteiger partial charge is 0.486 e. The Morgan fingerprint density at radius 1 is 1.00 bits per heavy atom. The molecule has 0 bridgehead atoms. The third-order valence-electron chi connectivity index (χ3n) is 5.25. The Kier molecular flexibility index (Phi) is 5.10. The van der Waals surface area contributed by atoms with Gasteiger partial charge in [0.05, 0.1) is 24.9 Å². The number of carbonyl (C=O) groups is 1. The van der Waals surface area contributed by atoms with Gasteiger partial charge in [-0.2, -0.15) is 0 Å². The summed E-state index contributed by atoms with van der Waals surface area (Å²) < 4.78 is 29.9. The topological polar surface area (TPSA) is 84.8 Å². The first-order chi connectivity index (χ1) is 15.6. The highest BCUT2D eigenvalue weighted by atomic mass is 19.1. The number of aromatic amines is 1. The third-order valence-corrected chi connectivity index (χ3v) is 5.25. The van der Waals surface area contributed by atoms with Crippen molar-refractivity contribution in [3.05, 3.63) is 93.9 Å². The second kappa shape index (κ2) is 8.22. The van der Waals surface area contributed by atoms with Crippen LogP contribution >= 0.6 is 0 Å². The van der Waals surface area contributed by atoms with Gasteiger partial charge >= 0.3 is 0 Å². The van der Waals surface area contributed by atoms with Crippen LogP contribution in [0.4, 0.5) is 4.39 Å². The second-order valence-electron chi connectivity index (χ2n) is 7.45. The summed E-state index contributed by atoms with van der Waals surface area (Å²) in [5.41, 5.74) is 1.02. The number of furan rings is 1. The molecule has 8 heteroatoms. The van der Waals surface area contributed by atoms with Gasteiger partial charge in [-0.05, 0) is 48.5 Å². The smallest absolute Gasteiger partial charge is 0.254 e. The zero-order valence-corrected chi connectivity index (χ0v) is 17.0. The van der Waals surface area contributed by atoms with Crippen LogP contribution in [0.15, 0.2) is 70.1 Å². The Bertz CT molecular complexity index is 1330. The summed E-state index contributed by atoms with van der Waals surface area (Å²) >= 11 is 0. The van der Waals surface area contributed by atoms with E-state index in [0.717, 1.165) is 5.39 Å². The van der Waals surface area contributed by atoms with E-state index in [1.165, 1.54) is 35.4 Å². The number of H-pyrrole nitrogens is 1. The van der Waals surface area contributed by atoms with E-state index in [9.17, 15) is 14.0 Å². The molecule has 2 aromatic carbocycles. The molecule has 1 N–H and O–H groups in total. The molecule has 2 aromatic heterocycles. The molecule has 7 nitrogen and oxygen atoms in total. The van der Waals surface area contributed by atoms with E-state index in [-0.39, 0.29) is 24.6 Å². The van der Waals surface area contributed by atoms with E-state index in [2.05, 4.69) is 4.98 Å². The van der Waals surface area contributed by atoms with E-state index in [1.54, 1.807) is 24.3 Å². The van der Waals surface area contributed by atoms with Crippen molar-refractivity contribution in [2.45, 2.75) is 13.1 Å². The van der Waals surface area contributed by atoms with Crippen LogP contribution in [0.3, 0.4) is 0 Å². The SMILES string of the molecule is O=C(c1ccc(F)cc1)N(Cc1ccco1)Cc1cc2cc3c(cc2[nH]c1=O)OCCO3. The Morgan fingerprint density at radius 2 is 1.75 bits per heavy atom. The van der Waals surface area contributed by atoms with E-state index in [1.807, 2.05) is 6.07 Å². The molecule has 0 aliphatic carbocycles. The lowest BCUT2D eigenvalue weighted by atomic mass is 10.1. The number of rotatable bonds is 5. The number of hydrogen-bond donors (Lipinski definition) is 1. The minimum absolute atomic E-state index is 0.0383. The Morgan fingerprint density at radius 3 is 2.47 bits per heavy atom. The molecule has 0 saturated carbocycles. The van der Waals surface area contributed by atoms with Crippen LogP contribution in [0.5, 0.6) is 11.5 Å². The molecular weight excluding hydrogens is 415 g/mol. The Balaban J connectivity index is 1.50. The molecule has 1 aliphatic rings. The number of ether oxygens (including phenoxy) is 2. The molecule has 4 aromatic rings. The zero-order chi connectivity index (χ0) is 22.1. The summed E-state index contributed by atoms with van der Waals surface area (Å²) in [5.74, 6) is 0.981. The molecule has 3 heterocycles. The minimum Gasteiger partial charge on any atom is -0.486 e.